The number of benzene rings is 9. The van der Waals surface area contributed by atoms with Gasteiger partial charge in [0.25, 0.3) is 0 Å². The van der Waals surface area contributed by atoms with E-state index in [2.05, 4.69) is 242 Å². The number of fused-ring (bicyclic) bond motifs is 11. The quantitative estimate of drug-likeness (QED) is 0.169. The van der Waals surface area contributed by atoms with Crippen molar-refractivity contribution in [2.45, 2.75) is 24.7 Å². The van der Waals surface area contributed by atoms with E-state index in [0.717, 1.165) is 17.1 Å². The number of nitrogens with zero attached hydrogens (tertiary/aromatic N) is 2. The van der Waals surface area contributed by atoms with Crippen molar-refractivity contribution in [3.05, 3.63) is 252 Å². The molecule has 0 bridgehead atoms. The molecule has 1 spiro atoms. The molecule has 284 valence electrons. The molecular weight excluding hydrogens is 725 g/mol. The zero-order valence-corrected chi connectivity index (χ0v) is 33.7. The van der Waals surface area contributed by atoms with Crippen molar-refractivity contribution in [3.63, 3.8) is 0 Å². The fraction of sp³-hybridized carbons (Fsp3) is 0.0690. The third-order valence-corrected chi connectivity index (χ3v) is 13.5. The molecule has 1 aliphatic heterocycles. The van der Waals surface area contributed by atoms with Crippen LogP contribution in [0, 0.1) is 0 Å². The van der Waals surface area contributed by atoms with Gasteiger partial charge in [-0.25, -0.2) is 0 Å². The summed E-state index contributed by atoms with van der Waals surface area (Å²) in [5, 5.41) is 2.59. The van der Waals surface area contributed by atoms with Gasteiger partial charge in [-0.2, -0.15) is 0 Å². The topological polar surface area (TPSA) is 8.17 Å². The standard InChI is InChI=1S/C58H42N2/c1-57(2)48-22-10-11-23-49(48)58(51-24-12-14-27-55(51)60-54-26-13-9-20-46(54)47-21-15-25-52(58)56(47)60)50-37-32-42(38-53(50)57)41-30-35-45(36-31-41)59(43-18-7-4-8-19-43)44-33-28-40(29-34-44)39-16-5-3-6-17-39/h3-38H,1-2H3. The van der Waals surface area contributed by atoms with Gasteiger partial charge in [0.2, 0.25) is 0 Å². The lowest BCUT2D eigenvalue weighted by molar-refractivity contribution is 0.556. The zero-order chi connectivity index (χ0) is 40.0. The molecule has 2 nitrogen and oxygen atoms in total. The van der Waals surface area contributed by atoms with Crippen LogP contribution in [0.4, 0.5) is 17.1 Å². The van der Waals surface area contributed by atoms with Crippen LogP contribution in [0.2, 0.25) is 0 Å². The van der Waals surface area contributed by atoms with Crippen LogP contribution in [0.3, 0.4) is 0 Å². The predicted molar refractivity (Wildman–Crippen MR) is 250 cm³/mol. The number of aromatic nitrogens is 1. The Balaban J connectivity index is 1.02. The van der Waals surface area contributed by atoms with Crippen LogP contribution < -0.4 is 4.90 Å². The second kappa shape index (κ2) is 13.0. The minimum Gasteiger partial charge on any atom is -0.311 e. The number of anilines is 3. The first-order chi connectivity index (χ1) is 29.5. The first-order valence-corrected chi connectivity index (χ1v) is 21.0. The molecular formula is C58H42N2. The predicted octanol–water partition coefficient (Wildman–Crippen LogP) is 14.9. The lowest BCUT2D eigenvalue weighted by Gasteiger charge is -2.50. The molecule has 12 rings (SSSR count). The largest absolute Gasteiger partial charge is 0.311 e. The highest BCUT2D eigenvalue weighted by molar-refractivity contribution is 6.12. The zero-order valence-electron chi connectivity index (χ0n) is 33.7. The van der Waals surface area contributed by atoms with Gasteiger partial charge >= 0.3 is 0 Å². The molecule has 0 amide bonds. The Hall–Kier alpha value is -7.42. The van der Waals surface area contributed by atoms with Gasteiger partial charge in [0.05, 0.1) is 22.1 Å². The van der Waals surface area contributed by atoms with Crippen molar-refractivity contribution in [2.24, 2.45) is 0 Å². The fourth-order valence-electron chi connectivity index (χ4n) is 10.8. The summed E-state index contributed by atoms with van der Waals surface area (Å²) < 4.78 is 2.52. The second-order valence-electron chi connectivity index (χ2n) is 16.9. The van der Waals surface area contributed by atoms with Crippen molar-refractivity contribution in [1.29, 1.82) is 0 Å². The first kappa shape index (κ1) is 34.6. The number of para-hydroxylation sites is 4. The Kier molecular flexibility index (Phi) is 7.52. The highest BCUT2D eigenvalue weighted by atomic mass is 15.1. The van der Waals surface area contributed by atoms with Gasteiger partial charge in [0.1, 0.15) is 0 Å². The molecule has 1 atom stereocenters. The molecule has 2 heteroatoms. The number of rotatable bonds is 5. The van der Waals surface area contributed by atoms with E-state index in [4.69, 9.17) is 0 Å². The van der Waals surface area contributed by atoms with E-state index in [9.17, 15) is 0 Å². The van der Waals surface area contributed by atoms with Crippen LogP contribution in [0.1, 0.15) is 47.2 Å². The lowest BCUT2D eigenvalue weighted by Crippen LogP contribution is -2.44. The van der Waals surface area contributed by atoms with Crippen LogP contribution in [0.15, 0.2) is 218 Å². The first-order valence-electron chi connectivity index (χ1n) is 21.0. The van der Waals surface area contributed by atoms with Gasteiger partial charge in [0.15, 0.2) is 0 Å². The van der Waals surface area contributed by atoms with E-state index >= 15 is 0 Å². The normalized spacial score (nSPS) is 15.7. The van der Waals surface area contributed by atoms with Crippen LogP contribution in [-0.4, -0.2) is 4.57 Å². The van der Waals surface area contributed by atoms with Gasteiger partial charge in [0, 0.05) is 33.2 Å². The Morgan fingerprint density at radius 1 is 0.350 bits per heavy atom. The van der Waals surface area contributed by atoms with Crippen LogP contribution in [0.25, 0.3) is 49.7 Å². The Bertz CT molecular complexity index is 3270. The monoisotopic (exact) mass is 766 g/mol. The number of hydrogen-bond donors (Lipinski definition) is 0. The third-order valence-electron chi connectivity index (χ3n) is 13.5. The summed E-state index contributed by atoms with van der Waals surface area (Å²) in [5.74, 6) is 0. The molecule has 9 aromatic carbocycles. The molecule has 0 N–H and O–H groups in total. The Morgan fingerprint density at radius 3 is 1.58 bits per heavy atom. The van der Waals surface area contributed by atoms with Gasteiger partial charge in [-0.1, -0.05) is 178 Å². The Morgan fingerprint density at radius 2 is 0.850 bits per heavy atom. The van der Waals surface area contributed by atoms with Crippen molar-refractivity contribution in [3.8, 4) is 27.9 Å². The highest BCUT2D eigenvalue weighted by Crippen LogP contribution is 2.60. The molecule has 1 aliphatic carbocycles. The summed E-state index contributed by atoms with van der Waals surface area (Å²) in [6, 6.07) is 80.8. The molecule has 1 aromatic heterocycles. The van der Waals surface area contributed by atoms with Crippen molar-refractivity contribution < 1.29 is 0 Å². The molecule has 2 aliphatic rings. The molecule has 60 heavy (non-hydrogen) atoms. The summed E-state index contributed by atoms with van der Waals surface area (Å²) in [5.41, 5.74) is 19.4. The van der Waals surface area contributed by atoms with E-state index in [1.54, 1.807) is 0 Å². The van der Waals surface area contributed by atoms with Gasteiger partial charge in [-0.3, -0.25) is 0 Å². The molecule has 1 unspecified atom stereocenters. The van der Waals surface area contributed by atoms with E-state index in [1.165, 1.54) is 83.1 Å². The van der Waals surface area contributed by atoms with Crippen LogP contribution in [-0.2, 0) is 10.8 Å². The number of hydrogen-bond acceptors (Lipinski definition) is 1. The van der Waals surface area contributed by atoms with Crippen LogP contribution in [0.5, 0.6) is 0 Å². The molecule has 2 heterocycles. The molecule has 0 fully saturated rings. The molecule has 0 saturated carbocycles. The van der Waals surface area contributed by atoms with Crippen LogP contribution >= 0.6 is 0 Å². The molecule has 0 saturated heterocycles. The minimum atomic E-state index is -0.503. The van der Waals surface area contributed by atoms with E-state index in [-0.39, 0.29) is 5.41 Å². The summed E-state index contributed by atoms with van der Waals surface area (Å²) in [7, 11) is 0. The van der Waals surface area contributed by atoms with Crippen molar-refractivity contribution >= 4 is 38.9 Å². The summed E-state index contributed by atoms with van der Waals surface area (Å²) in [6.45, 7) is 4.83. The maximum atomic E-state index is 2.52. The molecule has 10 aromatic rings. The Labute approximate surface area is 351 Å². The SMILES string of the molecule is CC1(C)c2ccccc2C2(c3ccccc3-n3c4ccccc4c4cccc2c43)c2ccc(-c3ccc(N(c4ccccc4)c4ccc(-c5ccccc5)cc4)cc3)cc21. The molecule has 0 radical (unpaired) electrons. The highest BCUT2D eigenvalue weighted by Gasteiger charge is 2.52. The maximum absolute atomic E-state index is 2.52. The van der Waals surface area contributed by atoms with Gasteiger partial charge < -0.3 is 9.47 Å². The summed E-state index contributed by atoms with van der Waals surface area (Å²) in [4.78, 5) is 2.34. The second-order valence-corrected chi connectivity index (χ2v) is 16.9. The summed E-state index contributed by atoms with van der Waals surface area (Å²) >= 11 is 0. The lowest BCUT2D eigenvalue weighted by atomic mass is 9.53. The summed E-state index contributed by atoms with van der Waals surface area (Å²) in [6.07, 6.45) is 0. The minimum absolute atomic E-state index is 0.240. The van der Waals surface area contributed by atoms with Gasteiger partial charge in [-0.15, -0.1) is 0 Å². The smallest absolute Gasteiger partial charge is 0.0748 e. The van der Waals surface area contributed by atoms with E-state index in [0.29, 0.717) is 0 Å². The van der Waals surface area contributed by atoms with Gasteiger partial charge in [-0.05, 0) is 110 Å². The fourth-order valence-corrected chi connectivity index (χ4v) is 10.8. The average Bonchev–Trinajstić information content (AvgIpc) is 3.66. The van der Waals surface area contributed by atoms with E-state index in [1.807, 2.05) is 0 Å². The van der Waals surface area contributed by atoms with Crippen molar-refractivity contribution in [1.82, 2.24) is 4.57 Å². The average molecular weight is 767 g/mol. The third kappa shape index (κ3) is 4.82. The van der Waals surface area contributed by atoms with Crippen molar-refractivity contribution in [2.75, 3.05) is 4.90 Å². The maximum Gasteiger partial charge on any atom is 0.0748 e. The van der Waals surface area contributed by atoms with E-state index < -0.39 is 5.41 Å².